The molecule has 2 rings (SSSR count). The zero-order chi connectivity index (χ0) is 16.8. The summed E-state index contributed by atoms with van der Waals surface area (Å²) in [5.74, 6) is 0. The summed E-state index contributed by atoms with van der Waals surface area (Å²) in [4.78, 5) is 24.6. The topological polar surface area (TPSA) is 44.0 Å². The van der Waals surface area contributed by atoms with E-state index in [4.69, 9.17) is 11.6 Å². The summed E-state index contributed by atoms with van der Waals surface area (Å²) in [5.41, 5.74) is 0.527. The number of unbranched alkanes of at least 4 members (excludes halogenated alkanes) is 4. The van der Waals surface area contributed by atoms with E-state index < -0.39 is 11.1 Å². The third-order valence-electron chi connectivity index (χ3n) is 3.98. The molecular formula is C18H23ClN2O2. The van der Waals surface area contributed by atoms with Crippen LogP contribution in [0.3, 0.4) is 0 Å². The van der Waals surface area contributed by atoms with Crippen molar-refractivity contribution in [3.8, 4) is 5.69 Å². The number of hydrogen-bond donors (Lipinski definition) is 0. The fraction of sp³-hybridized carbons (Fsp3) is 0.444. The Kier molecular flexibility index (Phi) is 6.22. The van der Waals surface area contributed by atoms with Gasteiger partial charge in [-0.25, -0.2) is 0 Å². The summed E-state index contributed by atoms with van der Waals surface area (Å²) < 4.78 is 2.88. The number of aryl methyl sites for hydroxylation is 2. The average molecular weight is 335 g/mol. The van der Waals surface area contributed by atoms with Gasteiger partial charge in [-0.3, -0.25) is 14.2 Å². The predicted octanol–water partition coefficient (Wildman–Crippen LogP) is 3.93. The van der Waals surface area contributed by atoms with Gasteiger partial charge in [0.2, 0.25) is 0 Å². The number of halogens is 1. The molecule has 0 fully saturated rings. The first kappa shape index (κ1) is 17.5. The van der Waals surface area contributed by atoms with Crippen molar-refractivity contribution in [2.45, 2.75) is 52.5 Å². The second kappa shape index (κ2) is 8.16. The van der Waals surface area contributed by atoms with Crippen molar-refractivity contribution in [1.29, 1.82) is 0 Å². The molecule has 0 N–H and O–H groups in total. The van der Waals surface area contributed by atoms with Gasteiger partial charge in [0.1, 0.15) is 0 Å². The Balaban J connectivity index is 2.19. The normalized spacial score (nSPS) is 10.9. The Morgan fingerprint density at radius 3 is 2.43 bits per heavy atom. The standard InChI is InChI=1S/C18H23ClN2O2/c1-3-4-5-6-7-10-20-11-12-21(18(23)17(20)22)15-8-9-16(19)14(2)13-15/h8-9,11-13H,3-7,10H2,1-2H3. The fourth-order valence-electron chi connectivity index (χ4n) is 2.55. The first-order valence-corrected chi connectivity index (χ1v) is 8.51. The molecule has 1 aromatic heterocycles. The molecule has 23 heavy (non-hydrogen) atoms. The third-order valence-corrected chi connectivity index (χ3v) is 4.40. The second-order valence-corrected chi connectivity index (χ2v) is 6.23. The highest BCUT2D eigenvalue weighted by atomic mass is 35.5. The van der Waals surface area contributed by atoms with Crippen molar-refractivity contribution in [1.82, 2.24) is 9.13 Å². The van der Waals surface area contributed by atoms with Crippen molar-refractivity contribution >= 4 is 11.6 Å². The van der Waals surface area contributed by atoms with Crippen LogP contribution in [-0.2, 0) is 6.54 Å². The molecule has 0 aliphatic heterocycles. The lowest BCUT2D eigenvalue weighted by atomic mass is 10.1. The maximum Gasteiger partial charge on any atom is 0.320 e. The maximum absolute atomic E-state index is 12.3. The Bertz CT molecular complexity index is 777. The van der Waals surface area contributed by atoms with Gasteiger partial charge in [0, 0.05) is 29.6 Å². The molecule has 0 aliphatic carbocycles. The van der Waals surface area contributed by atoms with E-state index in [2.05, 4.69) is 6.92 Å². The molecule has 0 unspecified atom stereocenters. The van der Waals surface area contributed by atoms with Crippen LogP contribution in [-0.4, -0.2) is 9.13 Å². The van der Waals surface area contributed by atoms with E-state index in [-0.39, 0.29) is 0 Å². The van der Waals surface area contributed by atoms with Gasteiger partial charge in [-0.15, -0.1) is 0 Å². The van der Waals surface area contributed by atoms with Gasteiger partial charge in [-0.05, 0) is 37.1 Å². The number of nitrogens with zero attached hydrogens (tertiary/aromatic N) is 2. The molecular weight excluding hydrogens is 312 g/mol. The van der Waals surface area contributed by atoms with E-state index in [1.807, 2.05) is 6.92 Å². The molecule has 0 aliphatic rings. The van der Waals surface area contributed by atoms with Crippen LogP contribution in [0, 0.1) is 6.92 Å². The average Bonchev–Trinajstić information content (AvgIpc) is 2.54. The fourth-order valence-corrected chi connectivity index (χ4v) is 2.67. The minimum atomic E-state index is -0.525. The SMILES string of the molecule is CCCCCCCn1ccn(-c2ccc(Cl)c(C)c2)c(=O)c1=O. The van der Waals surface area contributed by atoms with Crippen LogP contribution in [0.15, 0.2) is 40.2 Å². The molecule has 1 heterocycles. The number of rotatable bonds is 7. The molecule has 0 saturated heterocycles. The van der Waals surface area contributed by atoms with E-state index in [0.717, 1.165) is 18.4 Å². The lowest BCUT2D eigenvalue weighted by Gasteiger charge is -2.10. The van der Waals surface area contributed by atoms with Crippen LogP contribution in [0.25, 0.3) is 5.69 Å². The van der Waals surface area contributed by atoms with Crippen LogP contribution in [0.4, 0.5) is 0 Å². The van der Waals surface area contributed by atoms with Gasteiger partial charge in [0.15, 0.2) is 0 Å². The summed E-state index contributed by atoms with van der Waals surface area (Å²) in [6.45, 7) is 4.63. The molecule has 0 atom stereocenters. The highest BCUT2D eigenvalue weighted by molar-refractivity contribution is 6.31. The summed E-state index contributed by atoms with van der Waals surface area (Å²) in [6, 6.07) is 5.28. The first-order valence-electron chi connectivity index (χ1n) is 8.13. The highest BCUT2D eigenvalue weighted by Gasteiger charge is 2.07. The van der Waals surface area contributed by atoms with E-state index >= 15 is 0 Å². The van der Waals surface area contributed by atoms with Crippen LogP contribution >= 0.6 is 11.6 Å². The van der Waals surface area contributed by atoms with Gasteiger partial charge in [0.05, 0.1) is 0 Å². The lowest BCUT2D eigenvalue weighted by Crippen LogP contribution is -2.40. The Hall–Kier alpha value is -1.81. The van der Waals surface area contributed by atoms with Gasteiger partial charge in [-0.2, -0.15) is 0 Å². The molecule has 0 amide bonds. The number of hydrogen-bond acceptors (Lipinski definition) is 2. The molecule has 0 saturated carbocycles. The van der Waals surface area contributed by atoms with E-state index in [1.165, 1.54) is 28.4 Å². The van der Waals surface area contributed by atoms with Crippen molar-refractivity contribution in [3.05, 3.63) is 61.9 Å². The van der Waals surface area contributed by atoms with E-state index in [0.29, 0.717) is 17.3 Å². The lowest BCUT2D eigenvalue weighted by molar-refractivity contribution is 0.551. The zero-order valence-electron chi connectivity index (χ0n) is 13.7. The summed E-state index contributed by atoms with van der Waals surface area (Å²) in [7, 11) is 0. The van der Waals surface area contributed by atoms with Crippen molar-refractivity contribution in [2.24, 2.45) is 0 Å². The van der Waals surface area contributed by atoms with Crippen molar-refractivity contribution in [2.75, 3.05) is 0 Å². The molecule has 5 heteroatoms. The summed E-state index contributed by atoms with van der Waals surface area (Å²) >= 11 is 6.00. The van der Waals surface area contributed by atoms with Gasteiger partial charge < -0.3 is 4.57 Å². The molecule has 1 aromatic carbocycles. The van der Waals surface area contributed by atoms with Gasteiger partial charge in [0.25, 0.3) is 0 Å². The zero-order valence-corrected chi connectivity index (χ0v) is 14.5. The van der Waals surface area contributed by atoms with Gasteiger partial charge in [-0.1, -0.05) is 44.2 Å². The summed E-state index contributed by atoms with van der Waals surface area (Å²) in [5, 5.41) is 0.641. The molecule has 2 aromatic rings. The quantitative estimate of drug-likeness (QED) is 0.568. The Labute approximate surface area is 141 Å². The minimum absolute atomic E-state index is 0.476. The molecule has 124 valence electrons. The van der Waals surface area contributed by atoms with Crippen LogP contribution in [0.2, 0.25) is 5.02 Å². The number of aromatic nitrogens is 2. The van der Waals surface area contributed by atoms with Crippen LogP contribution in [0.1, 0.15) is 44.6 Å². The maximum atomic E-state index is 12.3. The molecule has 4 nitrogen and oxygen atoms in total. The molecule has 0 radical (unpaired) electrons. The first-order chi connectivity index (χ1) is 11.0. The third kappa shape index (κ3) is 4.35. The highest BCUT2D eigenvalue weighted by Crippen LogP contribution is 2.17. The van der Waals surface area contributed by atoms with E-state index in [1.54, 1.807) is 30.6 Å². The molecule has 0 bridgehead atoms. The largest absolute Gasteiger partial charge is 0.320 e. The van der Waals surface area contributed by atoms with Crippen LogP contribution in [0.5, 0.6) is 0 Å². The molecule has 0 spiro atoms. The number of benzene rings is 1. The van der Waals surface area contributed by atoms with Crippen molar-refractivity contribution < 1.29 is 0 Å². The second-order valence-electron chi connectivity index (χ2n) is 5.82. The Morgan fingerprint density at radius 2 is 1.74 bits per heavy atom. The van der Waals surface area contributed by atoms with Gasteiger partial charge >= 0.3 is 11.1 Å². The monoisotopic (exact) mass is 334 g/mol. The smallest absolute Gasteiger partial charge is 0.309 e. The van der Waals surface area contributed by atoms with Crippen LogP contribution < -0.4 is 11.1 Å². The summed E-state index contributed by atoms with van der Waals surface area (Å²) in [6.07, 6.45) is 8.92. The minimum Gasteiger partial charge on any atom is -0.309 e. The van der Waals surface area contributed by atoms with E-state index in [9.17, 15) is 9.59 Å². The Morgan fingerprint density at radius 1 is 1.00 bits per heavy atom. The van der Waals surface area contributed by atoms with Crippen molar-refractivity contribution in [3.63, 3.8) is 0 Å². The predicted molar refractivity (Wildman–Crippen MR) is 94.8 cm³/mol.